The van der Waals surface area contributed by atoms with Crippen molar-refractivity contribution in [1.29, 1.82) is 0 Å². The third-order valence-electron chi connectivity index (χ3n) is 5.07. The first-order chi connectivity index (χ1) is 9.69. The predicted molar refractivity (Wildman–Crippen MR) is 90.0 cm³/mol. The van der Waals surface area contributed by atoms with Gasteiger partial charge in [-0.1, -0.05) is 58.8 Å². The van der Waals surface area contributed by atoms with Crippen molar-refractivity contribution in [2.24, 2.45) is 11.7 Å². The van der Waals surface area contributed by atoms with Crippen LogP contribution in [0, 0.1) is 5.92 Å². The van der Waals surface area contributed by atoms with Gasteiger partial charge < -0.3 is 5.73 Å². The van der Waals surface area contributed by atoms with Crippen LogP contribution in [0.1, 0.15) is 85.0 Å². The molecule has 1 saturated heterocycles. The largest absolute Gasteiger partial charge is 0.329 e. The maximum atomic E-state index is 6.04. The molecule has 1 rings (SSSR count). The molecule has 1 fully saturated rings. The highest BCUT2D eigenvalue weighted by molar-refractivity contribution is 4.83. The average Bonchev–Trinajstić information content (AvgIpc) is 2.43. The predicted octanol–water partition coefficient (Wildman–Crippen LogP) is 4.57. The summed E-state index contributed by atoms with van der Waals surface area (Å²) in [6.45, 7) is 9.17. The molecule has 120 valence electrons. The van der Waals surface area contributed by atoms with Gasteiger partial charge in [0.15, 0.2) is 0 Å². The summed E-state index contributed by atoms with van der Waals surface area (Å²) in [5, 5.41) is 0. The summed E-state index contributed by atoms with van der Waals surface area (Å²) in [4.78, 5) is 2.69. The van der Waals surface area contributed by atoms with Gasteiger partial charge in [-0.15, -0.1) is 0 Å². The van der Waals surface area contributed by atoms with Crippen LogP contribution in [-0.2, 0) is 0 Å². The number of nitrogens with two attached hydrogens (primary N) is 1. The van der Waals surface area contributed by atoms with Crippen molar-refractivity contribution in [1.82, 2.24) is 4.90 Å². The molecule has 3 atom stereocenters. The number of rotatable bonds is 10. The van der Waals surface area contributed by atoms with Crippen molar-refractivity contribution in [3.8, 4) is 0 Å². The number of piperidine rings is 1. The van der Waals surface area contributed by atoms with Gasteiger partial charge in [-0.25, -0.2) is 0 Å². The zero-order chi connectivity index (χ0) is 14.8. The van der Waals surface area contributed by atoms with E-state index >= 15 is 0 Å². The fraction of sp³-hybridized carbons (Fsp3) is 1.00. The van der Waals surface area contributed by atoms with Gasteiger partial charge in [0.2, 0.25) is 0 Å². The fourth-order valence-corrected chi connectivity index (χ4v) is 3.72. The zero-order valence-electron chi connectivity index (χ0n) is 14.2. The molecule has 0 radical (unpaired) electrons. The minimum Gasteiger partial charge on any atom is -0.329 e. The van der Waals surface area contributed by atoms with Crippen molar-refractivity contribution < 1.29 is 0 Å². The molecule has 2 N–H and O–H groups in total. The van der Waals surface area contributed by atoms with E-state index in [9.17, 15) is 0 Å². The number of hydrogen-bond donors (Lipinski definition) is 1. The maximum absolute atomic E-state index is 6.04. The van der Waals surface area contributed by atoms with E-state index in [1.165, 1.54) is 70.8 Å². The van der Waals surface area contributed by atoms with Crippen LogP contribution >= 0.6 is 0 Å². The Kier molecular flexibility index (Phi) is 9.54. The maximum Gasteiger partial charge on any atom is 0.0221 e. The first-order valence-electron chi connectivity index (χ1n) is 9.14. The lowest BCUT2D eigenvalue weighted by molar-refractivity contribution is 0.0793. The second-order valence-electron chi connectivity index (χ2n) is 7.02. The molecule has 0 spiro atoms. The van der Waals surface area contributed by atoms with Gasteiger partial charge in [-0.05, 0) is 38.6 Å². The Morgan fingerprint density at radius 1 is 1.05 bits per heavy atom. The minimum atomic E-state index is 0.633. The van der Waals surface area contributed by atoms with Crippen molar-refractivity contribution >= 4 is 0 Å². The number of likely N-dealkylation sites (tertiary alicyclic amines) is 1. The highest BCUT2D eigenvalue weighted by Gasteiger charge is 2.27. The molecule has 1 aliphatic rings. The van der Waals surface area contributed by atoms with E-state index in [0.29, 0.717) is 6.04 Å². The summed E-state index contributed by atoms with van der Waals surface area (Å²) < 4.78 is 0. The van der Waals surface area contributed by atoms with Crippen LogP contribution in [0.2, 0.25) is 0 Å². The lowest BCUT2D eigenvalue weighted by Crippen LogP contribution is -2.49. The Bertz CT molecular complexity index is 229. The number of unbranched alkanes of at least 4 members (excludes halogenated alkanes) is 6. The molecular formula is C18H38N2. The Morgan fingerprint density at radius 3 is 2.30 bits per heavy atom. The summed E-state index contributed by atoms with van der Waals surface area (Å²) in [6, 6.07) is 1.37. The van der Waals surface area contributed by atoms with Crippen LogP contribution < -0.4 is 5.73 Å². The molecule has 1 aliphatic heterocycles. The van der Waals surface area contributed by atoms with Crippen LogP contribution in [0.4, 0.5) is 0 Å². The molecule has 0 amide bonds. The molecule has 0 aromatic rings. The fourth-order valence-electron chi connectivity index (χ4n) is 3.72. The molecule has 0 aliphatic carbocycles. The highest BCUT2D eigenvalue weighted by atomic mass is 15.2. The van der Waals surface area contributed by atoms with E-state index in [-0.39, 0.29) is 0 Å². The molecule has 1 heterocycles. The monoisotopic (exact) mass is 282 g/mol. The second kappa shape index (κ2) is 10.6. The van der Waals surface area contributed by atoms with E-state index in [4.69, 9.17) is 5.73 Å². The third-order valence-corrected chi connectivity index (χ3v) is 5.07. The first kappa shape index (κ1) is 18.0. The lowest BCUT2D eigenvalue weighted by atomic mass is 9.91. The average molecular weight is 283 g/mol. The molecule has 3 unspecified atom stereocenters. The Morgan fingerprint density at radius 2 is 1.70 bits per heavy atom. The van der Waals surface area contributed by atoms with E-state index in [2.05, 4.69) is 25.7 Å². The molecule has 0 saturated carbocycles. The molecular weight excluding hydrogens is 244 g/mol. The normalized spacial score (nSPS) is 25.8. The third kappa shape index (κ3) is 6.58. The molecule has 20 heavy (non-hydrogen) atoms. The van der Waals surface area contributed by atoms with Crippen molar-refractivity contribution in [3.05, 3.63) is 0 Å². The van der Waals surface area contributed by atoms with Gasteiger partial charge in [0.25, 0.3) is 0 Å². The SMILES string of the molecule is CCCCCCCCCC(CN)N1CCC(C)CC1C. The van der Waals surface area contributed by atoms with Crippen molar-refractivity contribution in [2.75, 3.05) is 13.1 Å². The van der Waals surface area contributed by atoms with E-state index in [0.717, 1.165) is 18.5 Å². The van der Waals surface area contributed by atoms with E-state index in [1.54, 1.807) is 0 Å². The molecule has 2 nitrogen and oxygen atoms in total. The van der Waals surface area contributed by atoms with E-state index < -0.39 is 0 Å². The topological polar surface area (TPSA) is 29.3 Å². The Labute approximate surface area is 127 Å². The van der Waals surface area contributed by atoms with Crippen LogP contribution in [0.15, 0.2) is 0 Å². The van der Waals surface area contributed by atoms with Crippen LogP contribution in [0.5, 0.6) is 0 Å². The lowest BCUT2D eigenvalue weighted by Gasteiger charge is -2.41. The Balaban J connectivity index is 2.16. The molecule has 2 heteroatoms. The van der Waals surface area contributed by atoms with Crippen molar-refractivity contribution in [3.63, 3.8) is 0 Å². The molecule has 0 aromatic heterocycles. The summed E-state index contributed by atoms with van der Waals surface area (Å²) in [5.74, 6) is 0.901. The van der Waals surface area contributed by atoms with Crippen LogP contribution in [0.3, 0.4) is 0 Å². The van der Waals surface area contributed by atoms with Gasteiger partial charge in [-0.3, -0.25) is 4.90 Å². The smallest absolute Gasteiger partial charge is 0.0221 e. The summed E-state index contributed by atoms with van der Waals surface area (Å²) >= 11 is 0. The van der Waals surface area contributed by atoms with Gasteiger partial charge in [-0.2, -0.15) is 0 Å². The van der Waals surface area contributed by atoms with Crippen molar-refractivity contribution in [2.45, 2.75) is 97.1 Å². The van der Waals surface area contributed by atoms with Gasteiger partial charge >= 0.3 is 0 Å². The second-order valence-corrected chi connectivity index (χ2v) is 7.02. The minimum absolute atomic E-state index is 0.633. The van der Waals surface area contributed by atoms with Crippen LogP contribution in [0.25, 0.3) is 0 Å². The van der Waals surface area contributed by atoms with E-state index in [1.807, 2.05) is 0 Å². The highest BCUT2D eigenvalue weighted by Crippen LogP contribution is 2.25. The standard InChI is InChI=1S/C18H38N2/c1-4-5-6-7-8-9-10-11-18(15-19)20-13-12-16(2)14-17(20)3/h16-18H,4-15,19H2,1-3H3. The Hall–Kier alpha value is -0.0800. The van der Waals surface area contributed by atoms with Gasteiger partial charge in [0, 0.05) is 18.6 Å². The summed E-state index contributed by atoms with van der Waals surface area (Å²) in [7, 11) is 0. The first-order valence-corrected chi connectivity index (χ1v) is 9.14. The molecule has 0 aromatic carbocycles. The van der Waals surface area contributed by atoms with Crippen LogP contribution in [-0.4, -0.2) is 30.1 Å². The molecule has 0 bridgehead atoms. The summed E-state index contributed by atoms with van der Waals surface area (Å²) in [5.41, 5.74) is 6.04. The zero-order valence-corrected chi connectivity index (χ0v) is 14.2. The number of nitrogens with zero attached hydrogens (tertiary/aromatic N) is 1. The van der Waals surface area contributed by atoms with Gasteiger partial charge in [0.1, 0.15) is 0 Å². The number of hydrogen-bond acceptors (Lipinski definition) is 2. The summed E-state index contributed by atoms with van der Waals surface area (Å²) in [6.07, 6.45) is 13.8. The quantitative estimate of drug-likeness (QED) is 0.594. The van der Waals surface area contributed by atoms with Gasteiger partial charge in [0.05, 0.1) is 0 Å².